The predicted octanol–water partition coefficient (Wildman–Crippen LogP) is 4.67. The molecule has 0 aliphatic heterocycles. The number of hydrogen-bond acceptors (Lipinski definition) is 7. The van der Waals surface area contributed by atoms with E-state index in [4.69, 9.17) is 14.2 Å². The number of rotatable bonds is 9. The van der Waals surface area contributed by atoms with Gasteiger partial charge < -0.3 is 19.5 Å². The zero-order valence-corrected chi connectivity index (χ0v) is 21.3. The Kier molecular flexibility index (Phi) is 8.22. The first kappa shape index (κ1) is 25.2. The molecular formula is C27H29N3O5S. The third kappa shape index (κ3) is 6.42. The van der Waals surface area contributed by atoms with Gasteiger partial charge >= 0.3 is 0 Å². The number of nitrogens with zero attached hydrogens (tertiary/aromatic N) is 1. The maximum atomic E-state index is 12.5. The fourth-order valence-electron chi connectivity index (χ4n) is 3.94. The van der Waals surface area contributed by atoms with Gasteiger partial charge in [0.1, 0.15) is 5.75 Å². The van der Waals surface area contributed by atoms with Gasteiger partial charge in [0.25, 0.3) is 11.8 Å². The smallest absolute Gasteiger partial charge is 0.281 e. The topological polar surface area (TPSA) is 98.3 Å². The Morgan fingerprint density at radius 2 is 1.89 bits per heavy atom. The Labute approximate surface area is 214 Å². The van der Waals surface area contributed by atoms with E-state index in [1.165, 1.54) is 30.2 Å². The molecule has 1 aromatic heterocycles. The molecule has 0 saturated heterocycles. The number of fused-ring (bicyclic) bond motifs is 1. The van der Waals surface area contributed by atoms with E-state index in [2.05, 4.69) is 22.8 Å². The van der Waals surface area contributed by atoms with Gasteiger partial charge in [-0.3, -0.25) is 9.59 Å². The van der Waals surface area contributed by atoms with Crippen molar-refractivity contribution < 1.29 is 23.8 Å². The average molecular weight is 508 g/mol. The number of ether oxygens (including phenoxy) is 3. The monoisotopic (exact) mass is 507 g/mol. The van der Waals surface area contributed by atoms with Gasteiger partial charge in [0.05, 0.1) is 25.3 Å². The second-order valence-electron chi connectivity index (χ2n) is 8.58. The first-order chi connectivity index (χ1) is 17.4. The van der Waals surface area contributed by atoms with Crippen molar-refractivity contribution in [3.05, 3.63) is 69.4 Å². The van der Waals surface area contributed by atoms with Crippen LogP contribution in [0.5, 0.6) is 17.2 Å². The van der Waals surface area contributed by atoms with Gasteiger partial charge in [0, 0.05) is 10.6 Å². The molecule has 0 bridgehead atoms. The van der Waals surface area contributed by atoms with Gasteiger partial charge in [0.15, 0.2) is 18.1 Å². The summed E-state index contributed by atoms with van der Waals surface area (Å²) in [6.45, 7) is 2.06. The molecule has 9 heteroatoms. The van der Waals surface area contributed by atoms with Crippen LogP contribution in [0.15, 0.2) is 53.6 Å². The minimum Gasteiger partial charge on any atom is -0.497 e. The van der Waals surface area contributed by atoms with Gasteiger partial charge in [-0.25, -0.2) is 5.43 Å². The van der Waals surface area contributed by atoms with E-state index in [-0.39, 0.29) is 18.4 Å². The Hall–Kier alpha value is -3.85. The molecule has 2 N–H and O–H groups in total. The lowest BCUT2D eigenvalue weighted by Gasteiger charge is -2.16. The molecule has 1 atom stereocenters. The SMILES string of the molecule is COc1ccc(NC(=O)COc2ccc(/C=N\NC(=O)c3cc4c(s3)CC[C@@H](C)C4)cc2OC)cc1. The Bertz CT molecular complexity index is 1250. The molecule has 36 heavy (non-hydrogen) atoms. The van der Waals surface area contributed by atoms with E-state index in [0.29, 0.717) is 39.3 Å². The van der Waals surface area contributed by atoms with E-state index < -0.39 is 0 Å². The van der Waals surface area contributed by atoms with Crippen LogP contribution in [-0.4, -0.2) is 38.9 Å². The quantitative estimate of drug-likeness (QED) is 0.324. The van der Waals surface area contributed by atoms with Crippen molar-refractivity contribution in [2.75, 3.05) is 26.1 Å². The van der Waals surface area contributed by atoms with E-state index in [0.717, 1.165) is 12.8 Å². The second-order valence-corrected chi connectivity index (χ2v) is 9.72. The van der Waals surface area contributed by atoms with E-state index in [9.17, 15) is 9.59 Å². The molecule has 0 saturated carbocycles. The molecule has 1 aliphatic rings. The number of hydrazone groups is 1. The van der Waals surface area contributed by atoms with Crippen LogP contribution in [-0.2, 0) is 17.6 Å². The first-order valence-electron chi connectivity index (χ1n) is 11.6. The van der Waals surface area contributed by atoms with Crippen molar-refractivity contribution >= 4 is 35.1 Å². The van der Waals surface area contributed by atoms with Gasteiger partial charge in [-0.2, -0.15) is 5.10 Å². The number of nitrogens with one attached hydrogen (secondary N) is 2. The van der Waals surface area contributed by atoms with Gasteiger partial charge in [-0.1, -0.05) is 6.92 Å². The number of hydrogen-bond donors (Lipinski definition) is 2. The normalized spacial score (nSPS) is 14.7. The van der Waals surface area contributed by atoms with Gasteiger partial charge in [-0.15, -0.1) is 11.3 Å². The summed E-state index contributed by atoms with van der Waals surface area (Å²) in [7, 11) is 3.10. The molecule has 2 aromatic carbocycles. The van der Waals surface area contributed by atoms with Crippen molar-refractivity contribution in [1.82, 2.24) is 5.43 Å². The molecule has 2 amide bonds. The van der Waals surface area contributed by atoms with Crippen LogP contribution in [0.1, 0.15) is 39.0 Å². The lowest BCUT2D eigenvalue weighted by molar-refractivity contribution is -0.118. The minimum atomic E-state index is -0.305. The number of methoxy groups -OCH3 is 2. The van der Waals surface area contributed by atoms with Crippen molar-refractivity contribution in [3.8, 4) is 17.2 Å². The maximum absolute atomic E-state index is 12.5. The van der Waals surface area contributed by atoms with E-state index >= 15 is 0 Å². The highest BCUT2D eigenvalue weighted by molar-refractivity contribution is 7.14. The third-order valence-corrected chi connectivity index (χ3v) is 7.09. The number of carbonyl (C=O) groups excluding carboxylic acids is 2. The van der Waals surface area contributed by atoms with Crippen LogP contribution >= 0.6 is 11.3 Å². The number of aryl methyl sites for hydroxylation is 1. The van der Waals surface area contributed by atoms with Crippen LogP contribution in [0.25, 0.3) is 0 Å². The average Bonchev–Trinajstić information content (AvgIpc) is 3.31. The number of anilines is 1. The molecule has 4 rings (SSSR count). The fourth-order valence-corrected chi connectivity index (χ4v) is 5.03. The lowest BCUT2D eigenvalue weighted by atomic mass is 9.90. The molecule has 8 nitrogen and oxygen atoms in total. The minimum absolute atomic E-state index is 0.185. The molecule has 1 heterocycles. The summed E-state index contributed by atoms with van der Waals surface area (Å²) in [5, 5.41) is 6.85. The molecule has 0 fully saturated rings. The van der Waals surface area contributed by atoms with Crippen molar-refractivity contribution in [2.45, 2.75) is 26.2 Å². The van der Waals surface area contributed by atoms with Crippen LogP contribution in [0, 0.1) is 5.92 Å². The molecule has 3 aromatic rings. The number of benzene rings is 2. The van der Waals surface area contributed by atoms with Crippen molar-refractivity contribution in [3.63, 3.8) is 0 Å². The Morgan fingerprint density at radius 3 is 2.64 bits per heavy atom. The highest BCUT2D eigenvalue weighted by Gasteiger charge is 2.20. The number of thiophene rings is 1. The molecule has 1 aliphatic carbocycles. The summed E-state index contributed by atoms with van der Waals surface area (Å²) in [5.41, 5.74) is 5.23. The molecule has 0 radical (unpaired) electrons. The van der Waals surface area contributed by atoms with Crippen molar-refractivity contribution in [2.24, 2.45) is 11.0 Å². The number of carbonyl (C=O) groups is 2. The standard InChI is InChI=1S/C27H29N3O5S/c1-17-4-11-24-19(12-17)14-25(36-24)27(32)30-28-15-18-5-10-22(23(13-18)34-3)35-16-26(31)29-20-6-8-21(33-2)9-7-20/h5-10,13-15,17H,4,11-12,16H2,1-3H3,(H,29,31)(H,30,32)/b28-15-/t17-/m1/s1. The molecule has 0 unspecified atom stereocenters. The lowest BCUT2D eigenvalue weighted by Crippen LogP contribution is -2.20. The highest BCUT2D eigenvalue weighted by Crippen LogP contribution is 2.32. The van der Waals surface area contributed by atoms with E-state index in [1.54, 1.807) is 60.9 Å². The van der Waals surface area contributed by atoms with Crippen molar-refractivity contribution in [1.29, 1.82) is 0 Å². The summed E-state index contributed by atoms with van der Waals surface area (Å²) in [6.07, 6.45) is 4.77. The van der Waals surface area contributed by atoms with Gasteiger partial charge in [-0.05, 0) is 84.8 Å². The summed E-state index contributed by atoms with van der Waals surface area (Å²) in [5.74, 6) is 1.71. The Morgan fingerprint density at radius 1 is 1.08 bits per heavy atom. The Balaban J connectivity index is 1.30. The molecule has 188 valence electrons. The summed E-state index contributed by atoms with van der Waals surface area (Å²) < 4.78 is 16.1. The largest absolute Gasteiger partial charge is 0.497 e. The predicted molar refractivity (Wildman–Crippen MR) is 141 cm³/mol. The van der Waals surface area contributed by atoms with Gasteiger partial charge in [0.2, 0.25) is 0 Å². The molecule has 0 spiro atoms. The zero-order chi connectivity index (χ0) is 25.5. The molecular weight excluding hydrogens is 478 g/mol. The van der Waals surface area contributed by atoms with Crippen LogP contribution in [0.3, 0.4) is 0 Å². The number of amides is 2. The van der Waals surface area contributed by atoms with E-state index in [1.807, 2.05) is 6.07 Å². The fraction of sp³-hybridized carbons (Fsp3) is 0.296. The highest BCUT2D eigenvalue weighted by atomic mass is 32.1. The third-order valence-electron chi connectivity index (χ3n) is 5.85. The van der Waals surface area contributed by atoms with Crippen LogP contribution < -0.4 is 25.0 Å². The second kappa shape index (κ2) is 11.7. The van der Waals surface area contributed by atoms with Crippen LogP contribution in [0.2, 0.25) is 0 Å². The maximum Gasteiger partial charge on any atom is 0.281 e. The zero-order valence-electron chi connectivity index (χ0n) is 20.5. The summed E-state index contributed by atoms with van der Waals surface area (Å²) in [6, 6.07) is 14.2. The first-order valence-corrected chi connectivity index (χ1v) is 12.5. The van der Waals surface area contributed by atoms with Crippen LogP contribution in [0.4, 0.5) is 5.69 Å². The summed E-state index contributed by atoms with van der Waals surface area (Å²) in [4.78, 5) is 26.7. The summed E-state index contributed by atoms with van der Waals surface area (Å²) >= 11 is 1.55.